The number of anilines is 1. The van der Waals surface area contributed by atoms with Crippen LogP contribution in [0, 0.1) is 10.1 Å². The summed E-state index contributed by atoms with van der Waals surface area (Å²) < 4.78 is 0. The van der Waals surface area contributed by atoms with E-state index in [1.807, 2.05) is 60.7 Å². The average Bonchev–Trinajstić information content (AvgIpc) is 3.10. The zero-order valence-corrected chi connectivity index (χ0v) is 17.2. The fourth-order valence-electron chi connectivity index (χ4n) is 3.17. The van der Waals surface area contributed by atoms with Crippen LogP contribution in [-0.4, -0.2) is 27.5 Å². The molecule has 0 aliphatic carbocycles. The second kappa shape index (κ2) is 9.36. The van der Waals surface area contributed by atoms with Crippen LogP contribution in [0.1, 0.15) is 11.1 Å². The molecule has 0 unspecified atom stereocenters. The monoisotopic (exact) mass is 430 g/mol. The van der Waals surface area contributed by atoms with Crippen LogP contribution in [0.25, 0.3) is 0 Å². The minimum atomic E-state index is -0.458. The molecule has 1 saturated heterocycles. The Labute approximate surface area is 183 Å². The van der Waals surface area contributed by atoms with E-state index >= 15 is 0 Å². The predicted octanol–water partition coefficient (Wildman–Crippen LogP) is 4.68. The summed E-state index contributed by atoms with van der Waals surface area (Å²) in [7, 11) is 0. The Hall–Kier alpha value is -3.78. The lowest BCUT2D eigenvalue weighted by molar-refractivity contribution is -0.384. The van der Waals surface area contributed by atoms with E-state index in [2.05, 4.69) is 10.2 Å². The molecule has 31 heavy (non-hydrogen) atoms. The standard InChI is InChI=1S/C23H18N4O3S/c28-22-21(15-17-8-3-1-4-9-17)31-23(26(22)19-11-5-2-6-12-19)25-24-16-18-10-7-13-20(14-18)27(29)30/h1-14,16,21H,15H2/b24-16-,25-23-/t21-/m1/s1. The van der Waals surface area contributed by atoms with Gasteiger partial charge in [0.2, 0.25) is 5.91 Å². The lowest BCUT2D eigenvalue weighted by Crippen LogP contribution is -2.32. The first-order chi connectivity index (χ1) is 15.1. The first kappa shape index (κ1) is 20.5. The highest BCUT2D eigenvalue weighted by Crippen LogP contribution is 2.33. The van der Waals surface area contributed by atoms with Crippen molar-refractivity contribution in [2.24, 2.45) is 10.2 Å². The molecule has 7 nitrogen and oxygen atoms in total. The molecule has 0 N–H and O–H groups in total. The lowest BCUT2D eigenvalue weighted by Gasteiger charge is -2.15. The minimum Gasteiger partial charge on any atom is -0.273 e. The first-order valence-electron chi connectivity index (χ1n) is 9.57. The molecule has 0 bridgehead atoms. The van der Waals surface area contributed by atoms with Gasteiger partial charge in [-0.1, -0.05) is 72.4 Å². The largest absolute Gasteiger partial charge is 0.273 e. The number of carbonyl (C=O) groups excluding carboxylic acids is 1. The maximum Gasteiger partial charge on any atom is 0.270 e. The molecule has 1 aliphatic rings. The normalized spacial score (nSPS) is 17.5. The van der Waals surface area contributed by atoms with Crippen LogP contribution < -0.4 is 4.90 Å². The predicted molar refractivity (Wildman–Crippen MR) is 124 cm³/mol. The van der Waals surface area contributed by atoms with Gasteiger partial charge in [-0.3, -0.25) is 19.8 Å². The molecule has 1 fully saturated rings. The number of amides is 1. The quantitative estimate of drug-likeness (QED) is 0.323. The average molecular weight is 430 g/mol. The summed E-state index contributed by atoms with van der Waals surface area (Å²) in [5.41, 5.74) is 2.33. The summed E-state index contributed by atoms with van der Waals surface area (Å²) in [4.78, 5) is 25.2. The number of hydrogen-bond acceptors (Lipinski definition) is 6. The third kappa shape index (κ3) is 4.87. The summed E-state index contributed by atoms with van der Waals surface area (Å²) >= 11 is 1.36. The number of hydrogen-bond donors (Lipinski definition) is 0. The van der Waals surface area contributed by atoms with Crippen molar-refractivity contribution in [3.05, 3.63) is 106 Å². The Morgan fingerprint density at radius 1 is 1.00 bits per heavy atom. The Morgan fingerprint density at radius 2 is 1.71 bits per heavy atom. The molecule has 1 heterocycles. The van der Waals surface area contributed by atoms with E-state index in [1.54, 1.807) is 17.0 Å². The number of nitro benzene ring substituents is 1. The number of benzene rings is 3. The van der Waals surface area contributed by atoms with Crippen LogP contribution in [0.5, 0.6) is 0 Å². The van der Waals surface area contributed by atoms with Gasteiger partial charge in [0.15, 0.2) is 5.17 Å². The molecule has 0 saturated carbocycles. The van der Waals surface area contributed by atoms with Gasteiger partial charge in [-0.15, -0.1) is 5.10 Å². The van der Waals surface area contributed by atoms with Gasteiger partial charge >= 0.3 is 0 Å². The number of thioether (sulfide) groups is 1. The van der Waals surface area contributed by atoms with Crippen molar-refractivity contribution in [1.29, 1.82) is 0 Å². The molecule has 8 heteroatoms. The van der Waals surface area contributed by atoms with Crippen molar-refractivity contribution >= 4 is 40.4 Å². The van der Waals surface area contributed by atoms with E-state index in [0.717, 1.165) is 11.3 Å². The molecule has 4 rings (SSSR count). The maximum atomic E-state index is 13.2. The van der Waals surface area contributed by atoms with Gasteiger partial charge in [0, 0.05) is 17.7 Å². The Kier molecular flexibility index (Phi) is 6.18. The van der Waals surface area contributed by atoms with Gasteiger partial charge in [0.05, 0.1) is 22.1 Å². The maximum absolute atomic E-state index is 13.2. The minimum absolute atomic E-state index is 0.0177. The summed E-state index contributed by atoms with van der Waals surface area (Å²) in [5.74, 6) is -0.0515. The molecule has 0 radical (unpaired) electrons. The van der Waals surface area contributed by atoms with Crippen molar-refractivity contribution in [1.82, 2.24) is 0 Å². The van der Waals surface area contributed by atoms with Gasteiger partial charge < -0.3 is 0 Å². The van der Waals surface area contributed by atoms with E-state index in [9.17, 15) is 14.9 Å². The number of rotatable bonds is 6. The zero-order valence-electron chi connectivity index (χ0n) is 16.4. The highest BCUT2D eigenvalue weighted by Gasteiger charge is 2.39. The van der Waals surface area contributed by atoms with Crippen LogP contribution in [0.3, 0.4) is 0 Å². The van der Waals surface area contributed by atoms with Gasteiger partial charge in [-0.05, 0) is 24.1 Å². The molecular formula is C23H18N4O3S. The molecule has 0 aromatic heterocycles. The number of carbonyl (C=O) groups is 1. The van der Waals surface area contributed by atoms with Crippen molar-refractivity contribution in [2.45, 2.75) is 11.7 Å². The van der Waals surface area contributed by atoms with Crippen LogP contribution in [-0.2, 0) is 11.2 Å². The van der Waals surface area contributed by atoms with Gasteiger partial charge in [-0.2, -0.15) is 5.10 Å². The number of non-ortho nitro benzene ring substituents is 1. The summed E-state index contributed by atoms with van der Waals surface area (Å²) in [5, 5.41) is 19.5. The number of para-hydroxylation sites is 1. The Morgan fingerprint density at radius 3 is 2.42 bits per heavy atom. The molecule has 154 valence electrons. The molecular weight excluding hydrogens is 412 g/mol. The van der Waals surface area contributed by atoms with Crippen molar-refractivity contribution in [3.8, 4) is 0 Å². The fourth-order valence-corrected chi connectivity index (χ4v) is 4.30. The first-order valence-corrected chi connectivity index (χ1v) is 10.4. The number of nitrogens with zero attached hydrogens (tertiary/aromatic N) is 4. The van der Waals surface area contributed by atoms with E-state index < -0.39 is 4.92 Å². The molecule has 1 aliphatic heterocycles. The molecule has 0 spiro atoms. The Balaban J connectivity index is 1.61. The fraction of sp³-hybridized carbons (Fsp3) is 0.0870. The zero-order chi connectivity index (χ0) is 21.6. The summed E-state index contributed by atoms with van der Waals surface area (Å²) in [6.45, 7) is 0. The second-order valence-corrected chi connectivity index (χ2v) is 7.95. The molecule has 1 amide bonds. The topological polar surface area (TPSA) is 88.2 Å². The van der Waals surface area contributed by atoms with Crippen LogP contribution in [0.4, 0.5) is 11.4 Å². The van der Waals surface area contributed by atoms with Gasteiger partial charge in [0.1, 0.15) is 0 Å². The van der Waals surface area contributed by atoms with Crippen LogP contribution in [0.2, 0.25) is 0 Å². The van der Waals surface area contributed by atoms with Gasteiger partial charge in [0.25, 0.3) is 5.69 Å². The van der Waals surface area contributed by atoms with E-state index in [4.69, 9.17) is 0 Å². The number of nitro groups is 1. The van der Waals surface area contributed by atoms with E-state index in [1.165, 1.54) is 30.1 Å². The van der Waals surface area contributed by atoms with Crippen LogP contribution >= 0.6 is 11.8 Å². The third-order valence-corrected chi connectivity index (χ3v) is 5.77. The van der Waals surface area contributed by atoms with E-state index in [0.29, 0.717) is 17.2 Å². The van der Waals surface area contributed by atoms with Crippen molar-refractivity contribution in [3.63, 3.8) is 0 Å². The van der Waals surface area contributed by atoms with Crippen molar-refractivity contribution < 1.29 is 9.72 Å². The molecule has 3 aromatic carbocycles. The molecule has 3 aromatic rings. The highest BCUT2D eigenvalue weighted by molar-refractivity contribution is 8.16. The summed E-state index contributed by atoms with van der Waals surface area (Å²) in [6.07, 6.45) is 2.03. The van der Waals surface area contributed by atoms with Crippen LogP contribution in [0.15, 0.2) is 95.1 Å². The summed E-state index contributed by atoms with van der Waals surface area (Å²) in [6, 6.07) is 25.3. The second-order valence-electron chi connectivity index (χ2n) is 6.78. The highest BCUT2D eigenvalue weighted by atomic mass is 32.2. The lowest BCUT2D eigenvalue weighted by atomic mass is 10.1. The van der Waals surface area contributed by atoms with Gasteiger partial charge in [-0.25, -0.2) is 0 Å². The molecule has 1 atom stereocenters. The van der Waals surface area contributed by atoms with E-state index in [-0.39, 0.29) is 16.8 Å². The third-order valence-electron chi connectivity index (χ3n) is 4.64. The smallest absolute Gasteiger partial charge is 0.270 e. The number of amidine groups is 1. The van der Waals surface area contributed by atoms with Crippen molar-refractivity contribution in [2.75, 3.05) is 4.90 Å². The Bertz CT molecular complexity index is 1150. The SMILES string of the molecule is O=C1[C@@H](Cc2ccccc2)S/C(=N\N=C/c2cccc([N+](=O)[O-])c2)N1c1ccccc1.